The maximum Gasteiger partial charge on any atom is 0.471 e. The van der Waals surface area contributed by atoms with E-state index in [1.54, 1.807) is 6.92 Å². The van der Waals surface area contributed by atoms with E-state index in [9.17, 15) is 27.9 Å². The van der Waals surface area contributed by atoms with Crippen molar-refractivity contribution in [1.82, 2.24) is 15.0 Å². The molecule has 0 aliphatic carbocycles. The van der Waals surface area contributed by atoms with Crippen LogP contribution in [-0.4, -0.2) is 45.2 Å². The van der Waals surface area contributed by atoms with E-state index >= 15 is 0 Å². The van der Waals surface area contributed by atoms with Crippen molar-refractivity contribution in [3.8, 4) is 11.4 Å². The Labute approximate surface area is 151 Å². The largest absolute Gasteiger partial charge is 0.481 e. The highest BCUT2D eigenvalue weighted by molar-refractivity contribution is 5.90. The molecule has 2 aromatic rings. The summed E-state index contributed by atoms with van der Waals surface area (Å²) < 4.78 is 41.6. The first-order valence-corrected chi connectivity index (χ1v) is 7.89. The number of hydrogen-bond acceptors (Lipinski definition) is 5. The molecule has 1 saturated heterocycles. The number of likely N-dealkylation sites (tertiary alicyclic amines) is 1. The molecule has 144 valence electrons. The third kappa shape index (κ3) is 3.86. The van der Waals surface area contributed by atoms with Crippen LogP contribution in [0, 0.1) is 5.41 Å². The van der Waals surface area contributed by atoms with Crippen molar-refractivity contribution in [2.75, 3.05) is 18.4 Å². The second kappa shape index (κ2) is 6.56. The number of carbonyl (C=O) groups excluding carboxylic acids is 1. The van der Waals surface area contributed by atoms with Gasteiger partial charge in [0.1, 0.15) is 0 Å². The van der Waals surface area contributed by atoms with Gasteiger partial charge in [0.15, 0.2) is 0 Å². The van der Waals surface area contributed by atoms with Crippen LogP contribution in [0.25, 0.3) is 11.4 Å². The molecule has 0 radical (unpaired) electrons. The van der Waals surface area contributed by atoms with Gasteiger partial charge in [0.05, 0.1) is 5.41 Å². The fraction of sp³-hybridized carbons (Fsp3) is 0.375. The molecule has 1 fully saturated rings. The summed E-state index contributed by atoms with van der Waals surface area (Å²) in [7, 11) is 0. The van der Waals surface area contributed by atoms with Crippen molar-refractivity contribution < 1.29 is 32.4 Å². The van der Waals surface area contributed by atoms with Gasteiger partial charge in [0.2, 0.25) is 5.82 Å². The van der Waals surface area contributed by atoms with Crippen LogP contribution in [-0.2, 0) is 11.0 Å². The lowest BCUT2D eigenvalue weighted by atomic mass is 9.90. The molecule has 1 aromatic heterocycles. The minimum atomic E-state index is -4.72. The molecule has 1 aliphatic rings. The number of halogens is 3. The number of aliphatic carboxylic acids is 1. The smallest absolute Gasteiger partial charge is 0.471 e. The van der Waals surface area contributed by atoms with E-state index in [1.165, 1.54) is 29.2 Å². The molecule has 8 nitrogen and oxygen atoms in total. The predicted octanol–water partition coefficient (Wildman–Crippen LogP) is 3.08. The Kier molecular flexibility index (Phi) is 4.54. The fourth-order valence-corrected chi connectivity index (χ4v) is 2.67. The zero-order chi connectivity index (χ0) is 19.8. The molecule has 1 unspecified atom stereocenters. The number of anilines is 1. The van der Waals surface area contributed by atoms with Gasteiger partial charge in [-0.05, 0) is 37.6 Å². The molecule has 0 saturated carbocycles. The topological polar surface area (TPSA) is 109 Å². The Morgan fingerprint density at radius 3 is 2.48 bits per heavy atom. The predicted molar refractivity (Wildman–Crippen MR) is 85.7 cm³/mol. The van der Waals surface area contributed by atoms with Crippen molar-refractivity contribution in [3.05, 3.63) is 30.2 Å². The number of urea groups is 1. The quantitative estimate of drug-likeness (QED) is 0.842. The Morgan fingerprint density at radius 1 is 1.30 bits per heavy atom. The second-order valence-electron chi connectivity index (χ2n) is 6.47. The van der Waals surface area contributed by atoms with Gasteiger partial charge in [-0.2, -0.15) is 18.2 Å². The van der Waals surface area contributed by atoms with E-state index in [0.29, 0.717) is 18.7 Å². The Balaban J connectivity index is 1.65. The van der Waals surface area contributed by atoms with Gasteiger partial charge in [0.25, 0.3) is 0 Å². The number of hydrogen-bond donors (Lipinski definition) is 2. The number of rotatable bonds is 3. The highest BCUT2D eigenvalue weighted by Crippen LogP contribution is 2.31. The van der Waals surface area contributed by atoms with E-state index in [4.69, 9.17) is 0 Å². The summed E-state index contributed by atoms with van der Waals surface area (Å²) in [4.78, 5) is 28.2. The average Bonchev–Trinajstić information content (AvgIpc) is 3.23. The average molecular weight is 384 g/mol. The molecule has 1 atom stereocenters. The van der Waals surface area contributed by atoms with Gasteiger partial charge in [0, 0.05) is 24.3 Å². The van der Waals surface area contributed by atoms with Crippen LogP contribution in [0.15, 0.2) is 28.8 Å². The molecule has 27 heavy (non-hydrogen) atoms. The van der Waals surface area contributed by atoms with Crippen LogP contribution >= 0.6 is 0 Å². The van der Waals surface area contributed by atoms with Gasteiger partial charge in [-0.15, -0.1) is 0 Å². The highest BCUT2D eigenvalue weighted by Gasteiger charge is 2.42. The van der Waals surface area contributed by atoms with Crippen molar-refractivity contribution in [3.63, 3.8) is 0 Å². The number of alkyl halides is 3. The molecular weight excluding hydrogens is 369 g/mol. The van der Waals surface area contributed by atoms with Gasteiger partial charge in [-0.3, -0.25) is 4.79 Å². The number of carboxylic acids is 1. The van der Waals surface area contributed by atoms with Crippen LogP contribution in [0.1, 0.15) is 19.2 Å². The zero-order valence-corrected chi connectivity index (χ0v) is 14.1. The first kappa shape index (κ1) is 18.7. The SMILES string of the molecule is CC1(C(=O)O)CCN(C(=O)Nc2ccc(-c3noc(C(F)(F)F)n3)cc2)C1. The monoisotopic (exact) mass is 384 g/mol. The van der Waals surface area contributed by atoms with Gasteiger partial charge in [-0.25, -0.2) is 4.79 Å². The molecule has 3 rings (SSSR count). The van der Waals surface area contributed by atoms with Crippen LogP contribution in [0.4, 0.5) is 23.7 Å². The summed E-state index contributed by atoms with van der Waals surface area (Å²) in [5.74, 6) is -2.62. The summed E-state index contributed by atoms with van der Waals surface area (Å²) in [6.07, 6.45) is -4.37. The second-order valence-corrected chi connectivity index (χ2v) is 6.47. The van der Waals surface area contributed by atoms with Crippen LogP contribution in [0.5, 0.6) is 0 Å². The van der Waals surface area contributed by atoms with E-state index in [1.807, 2.05) is 0 Å². The Morgan fingerprint density at radius 2 is 1.96 bits per heavy atom. The van der Waals surface area contributed by atoms with Gasteiger partial charge in [-0.1, -0.05) is 5.16 Å². The van der Waals surface area contributed by atoms with E-state index in [0.717, 1.165) is 0 Å². The highest BCUT2D eigenvalue weighted by atomic mass is 19.4. The molecule has 11 heteroatoms. The number of amides is 2. The summed E-state index contributed by atoms with van der Waals surface area (Å²) in [6, 6.07) is 5.37. The minimum absolute atomic E-state index is 0.0926. The van der Waals surface area contributed by atoms with Crippen molar-refractivity contribution in [2.45, 2.75) is 19.5 Å². The van der Waals surface area contributed by atoms with Gasteiger partial charge < -0.3 is 19.8 Å². The van der Waals surface area contributed by atoms with E-state index in [2.05, 4.69) is 20.0 Å². The van der Waals surface area contributed by atoms with E-state index < -0.39 is 29.5 Å². The van der Waals surface area contributed by atoms with Crippen LogP contribution < -0.4 is 5.32 Å². The number of carbonyl (C=O) groups is 2. The Bertz CT molecular complexity index is 865. The zero-order valence-electron chi connectivity index (χ0n) is 14.1. The minimum Gasteiger partial charge on any atom is -0.481 e. The Hall–Kier alpha value is -3.11. The summed E-state index contributed by atoms with van der Waals surface area (Å²) in [5, 5.41) is 15.1. The number of benzene rings is 1. The molecule has 0 spiro atoms. The molecule has 1 aromatic carbocycles. The van der Waals surface area contributed by atoms with Crippen molar-refractivity contribution >= 4 is 17.7 Å². The van der Waals surface area contributed by atoms with Crippen LogP contribution in [0.3, 0.4) is 0 Å². The lowest BCUT2D eigenvalue weighted by Gasteiger charge is -2.20. The molecule has 2 N–H and O–H groups in total. The molecular formula is C16H15F3N4O4. The van der Waals surface area contributed by atoms with Crippen molar-refractivity contribution in [2.24, 2.45) is 5.41 Å². The van der Waals surface area contributed by atoms with Crippen LogP contribution in [0.2, 0.25) is 0 Å². The standard InChI is InChI=1S/C16H15F3N4O4/c1-15(13(24)25)6-7-23(8-15)14(26)20-10-4-2-9(3-5-10)11-21-12(27-22-11)16(17,18)19/h2-5H,6-8H2,1H3,(H,20,26)(H,24,25). The lowest BCUT2D eigenvalue weighted by Crippen LogP contribution is -2.37. The number of aromatic nitrogens is 2. The number of carboxylic acid groups (broad SMARTS) is 1. The summed E-state index contributed by atoms with van der Waals surface area (Å²) in [6.45, 7) is 1.99. The first-order chi connectivity index (χ1) is 12.6. The van der Waals surface area contributed by atoms with Crippen molar-refractivity contribution in [1.29, 1.82) is 0 Å². The lowest BCUT2D eigenvalue weighted by molar-refractivity contribution is -0.159. The first-order valence-electron chi connectivity index (χ1n) is 7.89. The maximum atomic E-state index is 12.5. The van der Waals surface area contributed by atoms with Gasteiger partial charge >= 0.3 is 24.1 Å². The number of nitrogens with zero attached hydrogens (tertiary/aromatic N) is 3. The summed E-state index contributed by atoms with van der Waals surface area (Å²) in [5.41, 5.74) is -0.296. The number of nitrogens with one attached hydrogen (secondary N) is 1. The third-order valence-corrected chi connectivity index (χ3v) is 4.34. The maximum absolute atomic E-state index is 12.5. The summed E-state index contributed by atoms with van der Waals surface area (Å²) >= 11 is 0. The molecule has 2 amide bonds. The molecule has 1 aliphatic heterocycles. The fourth-order valence-electron chi connectivity index (χ4n) is 2.67. The normalized spacial score (nSPS) is 19.9. The third-order valence-electron chi connectivity index (χ3n) is 4.34. The van der Waals surface area contributed by atoms with E-state index in [-0.39, 0.29) is 17.9 Å². The molecule has 0 bridgehead atoms. The molecule has 2 heterocycles.